The van der Waals surface area contributed by atoms with Crippen molar-refractivity contribution in [3.05, 3.63) is 71.6 Å². The fourth-order valence-corrected chi connectivity index (χ4v) is 6.07. The molecule has 2 aromatic rings. The summed E-state index contributed by atoms with van der Waals surface area (Å²) >= 11 is 4.15. The predicted molar refractivity (Wildman–Crippen MR) is 202 cm³/mol. The largest absolute Gasteiger partial charge is 0.356 e. The fourth-order valence-electron chi connectivity index (χ4n) is 5.96. The number of amides is 6. The molecule has 0 saturated carbocycles. The molecule has 1 aliphatic carbocycles. The number of nitrogens with two attached hydrogens (primary N) is 1. The maximum absolute atomic E-state index is 13.8. The Labute approximate surface area is 310 Å². The van der Waals surface area contributed by atoms with Crippen molar-refractivity contribution in [2.45, 2.75) is 64.5 Å². The van der Waals surface area contributed by atoms with Crippen LogP contribution in [0.1, 0.15) is 62.1 Å². The summed E-state index contributed by atoms with van der Waals surface area (Å²) in [4.78, 5) is 82.1. The van der Waals surface area contributed by atoms with E-state index in [1.807, 2.05) is 24.3 Å². The minimum Gasteiger partial charge on any atom is -0.356 e. The van der Waals surface area contributed by atoms with E-state index >= 15 is 0 Å². The summed E-state index contributed by atoms with van der Waals surface area (Å²) in [6.07, 6.45) is 8.02. The zero-order valence-electron chi connectivity index (χ0n) is 29.8. The Morgan fingerprint density at radius 3 is 2.46 bits per heavy atom. The van der Waals surface area contributed by atoms with Crippen LogP contribution in [-0.2, 0) is 36.9 Å². The van der Waals surface area contributed by atoms with Crippen molar-refractivity contribution in [1.29, 1.82) is 0 Å². The van der Waals surface area contributed by atoms with Crippen LogP contribution in [0.25, 0.3) is 5.57 Å². The summed E-state index contributed by atoms with van der Waals surface area (Å²) in [6.45, 7) is 2.66. The number of nitrogens with one attached hydrogen (secondary N) is 5. The Balaban J connectivity index is 1.72. The van der Waals surface area contributed by atoms with Gasteiger partial charge in [0.2, 0.25) is 23.6 Å². The van der Waals surface area contributed by atoms with Gasteiger partial charge in [-0.1, -0.05) is 36.4 Å². The normalized spacial score (nSPS) is 12.8. The SMILES string of the molecule is CC(=O)NCCCC(CC(=O)C(CCCNC(N)=O)NC(=O)CN(CCC1=CCc2ccccc21)C(=O)CNCc1cccnc1)C(=O)NCCS. The highest BCUT2D eigenvalue weighted by Crippen LogP contribution is 2.29. The van der Waals surface area contributed by atoms with E-state index < -0.39 is 23.9 Å². The number of hydrogen-bond acceptors (Lipinski definition) is 9. The molecular formula is C37H52N8O6S. The molecule has 7 N–H and O–H groups in total. The van der Waals surface area contributed by atoms with Crippen molar-refractivity contribution in [2.75, 3.05) is 45.0 Å². The Bertz CT molecular complexity index is 1540. The van der Waals surface area contributed by atoms with E-state index in [0.717, 1.165) is 23.1 Å². The van der Waals surface area contributed by atoms with Gasteiger partial charge in [0.1, 0.15) is 0 Å². The van der Waals surface area contributed by atoms with E-state index in [9.17, 15) is 28.8 Å². The highest BCUT2D eigenvalue weighted by Gasteiger charge is 2.28. The highest BCUT2D eigenvalue weighted by atomic mass is 32.1. The van der Waals surface area contributed by atoms with E-state index in [1.54, 1.807) is 12.4 Å². The van der Waals surface area contributed by atoms with E-state index in [1.165, 1.54) is 17.4 Å². The number of hydrogen-bond donors (Lipinski definition) is 7. The number of urea groups is 1. The molecule has 6 amide bonds. The molecule has 2 unspecified atom stereocenters. The second-order valence-electron chi connectivity index (χ2n) is 12.7. The highest BCUT2D eigenvalue weighted by molar-refractivity contribution is 7.80. The van der Waals surface area contributed by atoms with E-state index in [4.69, 9.17) is 5.73 Å². The molecular weight excluding hydrogens is 685 g/mol. The molecule has 0 bridgehead atoms. The van der Waals surface area contributed by atoms with Crippen LogP contribution in [0.5, 0.6) is 0 Å². The first-order valence-electron chi connectivity index (χ1n) is 17.7. The second kappa shape index (κ2) is 22.9. The number of rotatable bonds is 24. The van der Waals surface area contributed by atoms with Crippen LogP contribution in [0.15, 0.2) is 54.9 Å². The fraction of sp³-hybridized carbons (Fsp3) is 0.486. The van der Waals surface area contributed by atoms with Gasteiger partial charge in [0.15, 0.2) is 5.78 Å². The summed E-state index contributed by atoms with van der Waals surface area (Å²) in [5.74, 6) is -1.95. The summed E-state index contributed by atoms with van der Waals surface area (Å²) in [6, 6.07) is 10.1. The number of Topliss-reactive ketones (excluding diaryl/α,β-unsaturated/α-hetero) is 1. The molecule has 2 atom stereocenters. The molecule has 52 heavy (non-hydrogen) atoms. The van der Waals surface area contributed by atoms with Crippen molar-refractivity contribution in [3.63, 3.8) is 0 Å². The maximum Gasteiger partial charge on any atom is 0.312 e. The zero-order valence-corrected chi connectivity index (χ0v) is 30.7. The third kappa shape index (κ3) is 15.2. The number of benzene rings is 1. The lowest BCUT2D eigenvalue weighted by Gasteiger charge is -2.25. The number of allylic oxidation sites excluding steroid dienone is 1. The van der Waals surface area contributed by atoms with E-state index in [0.29, 0.717) is 51.1 Å². The number of nitrogens with zero attached hydrogens (tertiary/aromatic N) is 2. The molecule has 1 aromatic carbocycles. The molecule has 0 spiro atoms. The van der Waals surface area contributed by atoms with E-state index in [2.05, 4.69) is 62.4 Å². The van der Waals surface area contributed by atoms with Crippen LogP contribution < -0.4 is 32.3 Å². The van der Waals surface area contributed by atoms with Gasteiger partial charge in [-0.05, 0) is 66.9 Å². The molecule has 282 valence electrons. The van der Waals surface area contributed by atoms with Crippen molar-refractivity contribution >= 4 is 53.6 Å². The van der Waals surface area contributed by atoms with Gasteiger partial charge in [-0.25, -0.2) is 4.79 Å². The Kier molecular flexibility index (Phi) is 18.4. The van der Waals surface area contributed by atoms with Crippen LogP contribution in [0.4, 0.5) is 4.79 Å². The molecule has 1 heterocycles. The number of pyridine rings is 1. The van der Waals surface area contributed by atoms with Crippen LogP contribution in [-0.4, -0.2) is 96.4 Å². The van der Waals surface area contributed by atoms with Gasteiger partial charge >= 0.3 is 6.03 Å². The summed E-state index contributed by atoms with van der Waals surface area (Å²) in [5.41, 5.74) is 9.57. The number of fused-ring (bicyclic) bond motifs is 1. The van der Waals surface area contributed by atoms with Gasteiger partial charge in [0, 0.05) is 70.1 Å². The van der Waals surface area contributed by atoms with Gasteiger partial charge < -0.3 is 37.2 Å². The minimum atomic E-state index is -0.984. The summed E-state index contributed by atoms with van der Waals surface area (Å²) in [5, 5.41) is 13.9. The number of primary amides is 1. The van der Waals surface area contributed by atoms with Gasteiger partial charge in [0.25, 0.3) is 0 Å². The lowest BCUT2D eigenvalue weighted by molar-refractivity contribution is -0.136. The Morgan fingerprint density at radius 2 is 1.73 bits per heavy atom. The summed E-state index contributed by atoms with van der Waals surface area (Å²) in [7, 11) is 0. The first-order chi connectivity index (χ1) is 25.1. The van der Waals surface area contributed by atoms with Crippen LogP contribution in [0.2, 0.25) is 0 Å². The average molecular weight is 737 g/mol. The number of ketones is 1. The van der Waals surface area contributed by atoms with Crippen LogP contribution in [0, 0.1) is 5.92 Å². The van der Waals surface area contributed by atoms with E-state index in [-0.39, 0.29) is 62.5 Å². The molecule has 1 aliphatic rings. The number of aromatic nitrogens is 1. The lowest BCUT2D eigenvalue weighted by Crippen LogP contribution is -2.49. The van der Waals surface area contributed by atoms with Gasteiger partial charge in [-0.2, -0.15) is 12.6 Å². The third-order valence-corrected chi connectivity index (χ3v) is 8.85. The number of thiol groups is 1. The molecule has 0 saturated heterocycles. The summed E-state index contributed by atoms with van der Waals surface area (Å²) < 4.78 is 0. The van der Waals surface area contributed by atoms with Crippen molar-refractivity contribution in [2.24, 2.45) is 11.7 Å². The van der Waals surface area contributed by atoms with Crippen molar-refractivity contribution < 1.29 is 28.8 Å². The maximum atomic E-state index is 13.8. The molecule has 14 nitrogen and oxygen atoms in total. The standard InChI is InChI=1S/C37H52N8O6S/c1-26(46)41-16-5-9-30(36(50)42-18-20-52)21-33(47)32(11-6-17-43-37(38)51)44-34(48)25-45(35(49)24-40-23-27-7-4-15-39-22-27)19-14-29-13-12-28-8-2-3-10-31(28)29/h2-4,7-8,10,13,15,22,30,32,40,52H,5-6,9,11-12,14,16-21,23-25H2,1H3,(H,41,46)(H,42,50)(H,44,48)(H3,38,43,51). The van der Waals surface area contributed by atoms with Crippen molar-refractivity contribution in [3.8, 4) is 0 Å². The van der Waals surface area contributed by atoms with Crippen LogP contribution >= 0.6 is 12.6 Å². The molecule has 0 aliphatic heterocycles. The minimum absolute atomic E-state index is 0.0134. The monoisotopic (exact) mass is 736 g/mol. The smallest absolute Gasteiger partial charge is 0.312 e. The molecule has 1 aromatic heterocycles. The first-order valence-corrected chi connectivity index (χ1v) is 18.3. The predicted octanol–water partition coefficient (Wildman–Crippen LogP) is 1.50. The van der Waals surface area contributed by atoms with Crippen LogP contribution in [0.3, 0.4) is 0 Å². The average Bonchev–Trinajstić information content (AvgIpc) is 3.54. The second-order valence-corrected chi connectivity index (χ2v) is 13.1. The topological polar surface area (TPSA) is 205 Å². The van der Waals surface area contributed by atoms with Gasteiger partial charge in [0.05, 0.1) is 19.1 Å². The lowest BCUT2D eigenvalue weighted by atomic mass is 9.91. The Hall–Kier alpha value is -4.76. The van der Waals surface area contributed by atoms with Crippen molar-refractivity contribution in [1.82, 2.24) is 36.5 Å². The quantitative estimate of drug-likeness (QED) is 0.0620. The van der Waals surface area contributed by atoms with Gasteiger partial charge in [-0.3, -0.25) is 29.0 Å². The third-order valence-electron chi connectivity index (χ3n) is 8.62. The molecule has 15 heteroatoms. The molecule has 3 rings (SSSR count). The number of carbonyl (C=O) groups is 6. The number of carbonyl (C=O) groups excluding carboxylic acids is 6. The Morgan fingerprint density at radius 1 is 0.962 bits per heavy atom. The molecule has 0 radical (unpaired) electrons. The first kappa shape index (κ1) is 41.7. The van der Waals surface area contributed by atoms with Gasteiger partial charge in [-0.15, -0.1) is 0 Å². The zero-order chi connectivity index (χ0) is 37.7. The molecule has 0 fully saturated rings.